The van der Waals surface area contributed by atoms with E-state index in [1.165, 1.54) is 0 Å². The highest BCUT2D eigenvalue weighted by Gasteiger charge is 2.42. The van der Waals surface area contributed by atoms with Gasteiger partial charge in [-0.3, -0.25) is 0 Å². The number of nitriles is 1. The smallest absolute Gasteiger partial charge is 0.0744 e. The number of benzene rings is 1. The molecule has 0 amide bonds. The predicted octanol–water partition coefficient (Wildman–Crippen LogP) is 3.70. The topological polar surface area (TPSA) is 45.0 Å². The maximum absolute atomic E-state index is 8.82. The molecule has 1 aliphatic carbocycles. The van der Waals surface area contributed by atoms with Crippen molar-refractivity contribution in [1.29, 1.82) is 5.26 Å². The van der Waals surface area contributed by atoms with Crippen molar-refractivity contribution in [3.8, 4) is 6.07 Å². The number of anilines is 1. The fraction of sp³-hybridized carbons (Fsp3) is 0.500. The fourth-order valence-corrected chi connectivity index (χ4v) is 2.54. The number of nitrogens with zero attached hydrogens (tertiary/aromatic N) is 1. The van der Waals surface area contributed by atoms with Crippen LogP contribution in [0.15, 0.2) is 22.7 Å². The predicted molar refractivity (Wildman–Crippen MR) is 75.2 cm³/mol. The molecule has 3 nitrogen and oxygen atoms in total. The first-order valence-corrected chi connectivity index (χ1v) is 6.87. The largest absolute Gasteiger partial charge is 0.384 e. The zero-order valence-electron chi connectivity index (χ0n) is 10.5. The number of rotatable bonds is 6. The molecular weight excluding hydrogens is 292 g/mol. The van der Waals surface area contributed by atoms with Gasteiger partial charge in [-0.1, -0.05) is 22.0 Å². The van der Waals surface area contributed by atoms with Gasteiger partial charge in [0.1, 0.15) is 0 Å². The van der Waals surface area contributed by atoms with Crippen molar-refractivity contribution in [2.45, 2.75) is 25.9 Å². The van der Waals surface area contributed by atoms with E-state index in [-0.39, 0.29) is 5.41 Å². The maximum atomic E-state index is 8.82. The normalized spacial score (nSPS) is 16.1. The molecule has 1 aromatic rings. The van der Waals surface area contributed by atoms with Crippen molar-refractivity contribution >= 4 is 21.6 Å². The van der Waals surface area contributed by atoms with Crippen molar-refractivity contribution in [3.63, 3.8) is 0 Å². The Hall–Kier alpha value is -1.05. The number of halogens is 1. The van der Waals surface area contributed by atoms with Crippen LogP contribution in [0.1, 0.15) is 24.8 Å². The molecule has 2 rings (SSSR count). The summed E-state index contributed by atoms with van der Waals surface area (Å²) in [6, 6.07) is 8.37. The molecule has 0 saturated heterocycles. The van der Waals surface area contributed by atoms with Gasteiger partial charge in [0.2, 0.25) is 0 Å². The van der Waals surface area contributed by atoms with Crippen LogP contribution in [-0.4, -0.2) is 13.7 Å². The summed E-state index contributed by atoms with van der Waals surface area (Å²) in [5.74, 6) is 0. The zero-order valence-corrected chi connectivity index (χ0v) is 12.1. The lowest BCUT2D eigenvalue weighted by atomic mass is 10.0. The summed E-state index contributed by atoms with van der Waals surface area (Å²) in [4.78, 5) is 0. The van der Waals surface area contributed by atoms with E-state index in [4.69, 9.17) is 10.00 Å². The van der Waals surface area contributed by atoms with Gasteiger partial charge in [0.05, 0.1) is 12.7 Å². The highest BCUT2D eigenvalue weighted by atomic mass is 79.9. The van der Waals surface area contributed by atoms with Crippen molar-refractivity contribution in [3.05, 3.63) is 28.2 Å². The summed E-state index contributed by atoms with van der Waals surface area (Å²) >= 11 is 3.54. The van der Waals surface area contributed by atoms with E-state index >= 15 is 0 Å². The second-order valence-electron chi connectivity index (χ2n) is 4.89. The Labute approximate surface area is 116 Å². The molecule has 0 heterocycles. The number of hydrogen-bond acceptors (Lipinski definition) is 3. The SMILES string of the molecule is COCc1c(Br)cccc1NCC1(CC#N)CC1. The minimum absolute atomic E-state index is 0.210. The van der Waals surface area contributed by atoms with Gasteiger partial charge in [-0.25, -0.2) is 0 Å². The molecule has 1 N–H and O–H groups in total. The minimum atomic E-state index is 0.210. The quantitative estimate of drug-likeness (QED) is 0.871. The van der Waals surface area contributed by atoms with E-state index in [0.717, 1.165) is 35.1 Å². The third-order valence-electron chi connectivity index (χ3n) is 3.47. The Morgan fingerprint density at radius 3 is 2.89 bits per heavy atom. The molecule has 96 valence electrons. The number of hydrogen-bond donors (Lipinski definition) is 1. The molecule has 1 saturated carbocycles. The Morgan fingerprint density at radius 1 is 1.50 bits per heavy atom. The van der Waals surface area contributed by atoms with Crippen LogP contribution < -0.4 is 5.32 Å². The highest BCUT2D eigenvalue weighted by molar-refractivity contribution is 9.10. The molecule has 0 atom stereocenters. The summed E-state index contributed by atoms with van der Waals surface area (Å²) in [5.41, 5.74) is 2.43. The molecule has 0 aromatic heterocycles. The first-order valence-electron chi connectivity index (χ1n) is 6.08. The van der Waals surface area contributed by atoms with Gasteiger partial charge in [0.25, 0.3) is 0 Å². The third kappa shape index (κ3) is 3.04. The lowest BCUT2D eigenvalue weighted by Gasteiger charge is -2.17. The Bertz CT molecular complexity index is 463. The standard InChI is InChI=1S/C14H17BrN2O/c1-18-9-11-12(15)3-2-4-13(11)17-10-14(5-6-14)7-8-16/h2-4,17H,5-7,9-10H2,1H3. The molecule has 1 fully saturated rings. The summed E-state index contributed by atoms with van der Waals surface area (Å²) < 4.78 is 6.28. The second kappa shape index (κ2) is 5.73. The van der Waals surface area contributed by atoms with Gasteiger partial charge in [0, 0.05) is 41.2 Å². The van der Waals surface area contributed by atoms with Crippen LogP contribution in [0.5, 0.6) is 0 Å². The van der Waals surface area contributed by atoms with Crippen LogP contribution in [-0.2, 0) is 11.3 Å². The monoisotopic (exact) mass is 308 g/mol. The van der Waals surface area contributed by atoms with Crippen LogP contribution in [0.4, 0.5) is 5.69 Å². The summed E-state index contributed by atoms with van der Waals surface area (Å²) in [7, 11) is 1.70. The van der Waals surface area contributed by atoms with Crippen LogP contribution >= 0.6 is 15.9 Å². The number of methoxy groups -OCH3 is 1. The third-order valence-corrected chi connectivity index (χ3v) is 4.22. The van der Waals surface area contributed by atoms with Crippen LogP contribution in [0.3, 0.4) is 0 Å². The molecule has 18 heavy (non-hydrogen) atoms. The maximum Gasteiger partial charge on any atom is 0.0744 e. The summed E-state index contributed by atoms with van der Waals surface area (Å²) in [6.45, 7) is 1.45. The van der Waals surface area contributed by atoms with Crippen molar-refractivity contribution < 1.29 is 4.74 Å². The highest BCUT2D eigenvalue weighted by Crippen LogP contribution is 2.48. The summed E-state index contributed by atoms with van der Waals surface area (Å²) in [5, 5.41) is 12.3. The average molecular weight is 309 g/mol. The Balaban J connectivity index is 2.05. The van der Waals surface area contributed by atoms with Crippen molar-refractivity contribution in [2.75, 3.05) is 19.0 Å². The molecule has 1 aliphatic rings. The second-order valence-corrected chi connectivity index (χ2v) is 5.74. The first kappa shape index (κ1) is 13.4. The lowest BCUT2D eigenvalue weighted by molar-refractivity contribution is 0.185. The van der Waals surface area contributed by atoms with E-state index in [9.17, 15) is 0 Å². The molecule has 0 radical (unpaired) electrons. The van der Waals surface area contributed by atoms with Crippen LogP contribution in [0.25, 0.3) is 0 Å². The van der Waals surface area contributed by atoms with Gasteiger partial charge >= 0.3 is 0 Å². The van der Waals surface area contributed by atoms with E-state index < -0.39 is 0 Å². The van der Waals surface area contributed by atoms with E-state index in [0.29, 0.717) is 13.0 Å². The Kier molecular flexibility index (Phi) is 4.26. The average Bonchev–Trinajstić information content (AvgIpc) is 3.11. The zero-order chi connectivity index (χ0) is 13.0. The van der Waals surface area contributed by atoms with Gasteiger partial charge in [-0.2, -0.15) is 5.26 Å². The number of nitrogens with one attached hydrogen (secondary N) is 1. The molecule has 0 spiro atoms. The Morgan fingerprint density at radius 2 is 2.28 bits per heavy atom. The van der Waals surface area contributed by atoms with Crippen molar-refractivity contribution in [1.82, 2.24) is 0 Å². The number of ether oxygens (including phenoxy) is 1. The van der Waals surface area contributed by atoms with Crippen LogP contribution in [0.2, 0.25) is 0 Å². The van der Waals surface area contributed by atoms with Gasteiger partial charge in [0.15, 0.2) is 0 Å². The molecule has 0 unspecified atom stereocenters. The molecule has 0 aliphatic heterocycles. The van der Waals surface area contributed by atoms with E-state index in [2.05, 4.69) is 33.4 Å². The first-order chi connectivity index (χ1) is 8.71. The van der Waals surface area contributed by atoms with Crippen LogP contribution in [0, 0.1) is 16.7 Å². The molecular formula is C14H17BrN2O. The van der Waals surface area contributed by atoms with E-state index in [1.807, 2.05) is 12.1 Å². The van der Waals surface area contributed by atoms with Gasteiger partial charge < -0.3 is 10.1 Å². The van der Waals surface area contributed by atoms with E-state index in [1.54, 1.807) is 7.11 Å². The molecule has 0 bridgehead atoms. The lowest BCUT2D eigenvalue weighted by Crippen LogP contribution is -2.16. The minimum Gasteiger partial charge on any atom is -0.384 e. The van der Waals surface area contributed by atoms with Gasteiger partial charge in [-0.05, 0) is 25.0 Å². The fourth-order valence-electron chi connectivity index (χ4n) is 2.06. The van der Waals surface area contributed by atoms with Gasteiger partial charge in [-0.15, -0.1) is 0 Å². The summed E-state index contributed by atoms with van der Waals surface area (Å²) in [6.07, 6.45) is 2.95. The molecule has 1 aromatic carbocycles. The molecule has 4 heteroatoms. The van der Waals surface area contributed by atoms with Crippen molar-refractivity contribution in [2.24, 2.45) is 5.41 Å².